The van der Waals surface area contributed by atoms with Gasteiger partial charge in [0.1, 0.15) is 12.0 Å². The Kier molecular flexibility index (Phi) is 4.24. The van der Waals surface area contributed by atoms with Gasteiger partial charge in [-0.15, -0.1) is 0 Å². The molecule has 0 saturated carbocycles. The van der Waals surface area contributed by atoms with Gasteiger partial charge in [-0.2, -0.15) is 0 Å². The molecule has 2 rings (SSSR count). The maximum Gasteiger partial charge on any atom is 0.258 e. The summed E-state index contributed by atoms with van der Waals surface area (Å²) in [4.78, 5) is 12.0. The van der Waals surface area contributed by atoms with Gasteiger partial charge in [-0.3, -0.25) is 4.79 Å². The molecule has 0 aliphatic heterocycles. The Bertz CT molecular complexity index is 690. The molecule has 2 aromatic rings. The summed E-state index contributed by atoms with van der Waals surface area (Å²) in [5, 5.41) is 2.82. The Balaban J connectivity index is 2.19. The normalized spacial score (nSPS) is 9.75. The zero-order valence-corrected chi connectivity index (χ0v) is 11.5. The van der Waals surface area contributed by atoms with Gasteiger partial charge in [-0.05, 0) is 37.6 Å². The first-order valence-corrected chi connectivity index (χ1v) is 6.26. The van der Waals surface area contributed by atoms with E-state index in [0.717, 1.165) is 11.1 Å². The number of nitrogens with one attached hydrogen (secondary N) is 1. The van der Waals surface area contributed by atoms with Crippen LogP contribution in [-0.4, -0.2) is 12.5 Å². The molecule has 3 N–H and O–H groups in total. The minimum Gasteiger partial charge on any atom is -0.469 e. The van der Waals surface area contributed by atoms with Crippen LogP contribution < -0.4 is 11.1 Å². The van der Waals surface area contributed by atoms with E-state index < -0.39 is 0 Å². The van der Waals surface area contributed by atoms with Crippen LogP contribution in [0.2, 0.25) is 0 Å². The van der Waals surface area contributed by atoms with Gasteiger partial charge in [0.25, 0.3) is 5.91 Å². The monoisotopic (exact) mass is 268 g/mol. The number of carbonyl (C=O) groups excluding carboxylic acids is 1. The van der Waals surface area contributed by atoms with Crippen molar-refractivity contribution in [3.8, 4) is 11.8 Å². The van der Waals surface area contributed by atoms with Gasteiger partial charge in [0.15, 0.2) is 0 Å². The molecular formula is C16H16N2O2. The highest BCUT2D eigenvalue weighted by Crippen LogP contribution is 2.16. The number of rotatable bonds is 2. The predicted octanol–water partition coefficient (Wildman–Crippen LogP) is 2.46. The van der Waals surface area contributed by atoms with Crippen molar-refractivity contribution in [3.63, 3.8) is 0 Å². The number of hydrogen-bond donors (Lipinski definition) is 2. The fraction of sp³-hybridized carbons (Fsp3) is 0.188. The van der Waals surface area contributed by atoms with Crippen LogP contribution in [0.15, 0.2) is 34.9 Å². The first kappa shape index (κ1) is 13.9. The zero-order valence-electron chi connectivity index (χ0n) is 11.5. The third-order valence-corrected chi connectivity index (χ3v) is 2.81. The van der Waals surface area contributed by atoms with Crippen LogP contribution in [0.4, 0.5) is 5.69 Å². The maximum atomic E-state index is 12.0. The topological polar surface area (TPSA) is 68.3 Å². The molecule has 0 aliphatic rings. The van der Waals surface area contributed by atoms with E-state index in [1.807, 2.05) is 25.1 Å². The van der Waals surface area contributed by atoms with Gasteiger partial charge in [0, 0.05) is 11.3 Å². The molecule has 0 unspecified atom stereocenters. The summed E-state index contributed by atoms with van der Waals surface area (Å²) in [6.07, 6.45) is 1.44. The number of amides is 1. The molecule has 20 heavy (non-hydrogen) atoms. The summed E-state index contributed by atoms with van der Waals surface area (Å²) >= 11 is 0. The van der Waals surface area contributed by atoms with Crippen molar-refractivity contribution >= 4 is 11.6 Å². The number of carbonyl (C=O) groups is 1. The third-order valence-electron chi connectivity index (χ3n) is 2.81. The van der Waals surface area contributed by atoms with Crippen LogP contribution in [0.1, 0.15) is 27.2 Å². The van der Waals surface area contributed by atoms with Gasteiger partial charge >= 0.3 is 0 Å². The molecule has 0 saturated heterocycles. The molecular weight excluding hydrogens is 252 g/mol. The second-order valence-electron chi connectivity index (χ2n) is 4.44. The van der Waals surface area contributed by atoms with Crippen LogP contribution in [0.25, 0.3) is 0 Å². The van der Waals surface area contributed by atoms with Gasteiger partial charge in [-0.25, -0.2) is 0 Å². The Morgan fingerprint density at radius 3 is 2.80 bits per heavy atom. The Labute approximate surface area is 118 Å². The fourth-order valence-electron chi connectivity index (χ4n) is 1.75. The Morgan fingerprint density at radius 1 is 1.35 bits per heavy atom. The van der Waals surface area contributed by atoms with Gasteiger partial charge in [0.2, 0.25) is 0 Å². The van der Waals surface area contributed by atoms with Crippen molar-refractivity contribution in [1.29, 1.82) is 0 Å². The first-order valence-electron chi connectivity index (χ1n) is 6.26. The molecule has 1 heterocycles. The van der Waals surface area contributed by atoms with Crippen molar-refractivity contribution in [1.82, 2.24) is 0 Å². The lowest BCUT2D eigenvalue weighted by Gasteiger charge is -2.06. The second-order valence-corrected chi connectivity index (χ2v) is 4.44. The van der Waals surface area contributed by atoms with Gasteiger partial charge in [-0.1, -0.05) is 17.9 Å². The zero-order chi connectivity index (χ0) is 14.5. The predicted molar refractivity (Wildman–Crippen MR) is 78.5 cm³/mol. The first-order chi connectivity index (χ1) is 9.60. The van der Waals surface area contributed by atoms with E-state index in [0.29, 0.717) is 23.6 Å². The molecule has 1 aromatic heterocycles. The lowest BCUT2D eigenvalue weighted by atomic mass is 10.1. The highest BCUT2D eigenvalue weighted by Gasteiger charge is 2.09. The van der Waals surface area contributed by atoms with Crippen LogP contribution in [-0.2, 0) is 0 Å². The highest BCUT2D eigenvalue weighted by atomic mass is 16.3. The molecule has 0 spiro atoms. The smallest absolute Gasteiger partial charge is 0.258 e. The largest absolute Gasteiger partial charge is 0.469 e. The molecule has 0 fully saturated rings. The maximum absolute atomic E-state index is 12.0. The molecule has 102 valence electrons. The molecule has 4 heteroatoms. The van der Waals surface area contributed by atoms with E-state index in [4.69, 9.17) is 10.2 Å². The molecule has 4 nitrogen and oxygen atoms in total. The summed E-state index contributed by atoms with van der Waals surface area (Å²) in [7, 11) is 0. The van der Waals surface area contributed by atoms with E-state index in [9.17, 15) is 4.79 Å². The van der Waals surface area contributed by atoms with E-state index in [1.54, 1.807) is 13.0 Å². The average Bonchev–Trinajstić information content (AvgIpc) is 2.86. The fourth-order valence-corrected chi connectivity index (χ4v) is 1.75. The van der Waals surface area contributed by atoms with Crippen molar-refractivity contribution in [2.24, 2.45) is 5.73 Å². The average molecular weight is 268 g/mol. The third kappa shape index (κ3) is 3.28. The summed E-state index contributed by atoms with van der Waals surface area (Å²) < 4.78 is 5.12. The molecule has 0 atom stereocenters. The van der Waals surface area contributed by atoms with E-state index in [-0.39, 0.29) is 5.91 Å². The summed E-state index contributed by atoms with van der Waals surface area (Å²) in [5.41, 5.74) is 8.47. The summed E-state index contributed by atoms with van der Waals surface area (Å²) in [6.45, 7) is 4.07. The molecule has 1 amide bonds. The lowest BCUT2D eigenvalue weighted by molar-refractivity contribution is 0.102. The Hall–Kier alpha value is -2.51. The van der Waals surface area contributed by atoms with E-state index in [2.05, 4.69) is 17.2 Å². The number of nitrogens with two attached hydrogens (primary N) is 1. The SMILES string of the molecule is Cc1cc(C(=O)Nc2ccc(C)c(C#CCN)c2)co1. The quantitative estimate of drug-likeness (QED) is 0.822. The summed E-state index contributed by atoms with van der Waals surface area (Å²) in [6, 6.07) is 7.28. The Morgan fingerprint density at radius 2 is 2.15 bits per heavy atom. The molecule has 0 aliphatic carbocycles. The second kappa shape index (κ2) is 6.09. The molecule has 0 bridgehead atoms. The molecule has 1 aromatic carbocycles. The van der Waals surface area contributed by atoms with Gasteiger partial charge in [0.05, 0.1) is 12.1 Å². The van der Waals surface area contributed by atoms with Crippen molar-refractivity contribution in [2.75, 3.05) is 11.9 Å². The van der Waals surface area contributed by atoms with Crippen LogP contribution in [0.3, 0.4) is 0 Å². The highest BCUT2D eigenvalue weighted by molar-refractivity contribution is 6.04. The van der Waals surface area contributed by atoms with Crippen LogP contribution in [0.5, 0.6) is 0 Å². The summed E-state index contributed by atoms with van der Waals surface area (Å²) in [5.74, 6) is 6.29. The number of aryl methyl sites for hydroxylation is 2. The van der Waals surface area contributed by atoms with E-state index >= 15 is 0 Å². The van der Waals surface area contributed by atoms with Crippen LogP contribution in [0, 0.1) is 25.7 Å². The standard InChI is InChI=1S/C16H16N2O2/c1-11-5-6-15(9-13(11)4-3-7-17)18-16(19)14-8-12(2)20-10-14/h5-6,8-10H,7,17H2,1-2H3,(H,18,19). The van der Waals surface area contributed by atoms with E-state index in [1.165, 1.54) is 6.26 Å². The number of benzene rings is 1. The lowest BCUT2D eigenvalue weighted by Crippen LogP contribution is -2.11. The minimum atomic E-state index is -0.205. The number of hydrogen-bond acceptors (Lipinski definition) is 3. The molecule has 0 radical (unpaired) electrons. The van der Waals surface area contributed by atoms with Gasteiger partial charge < -0.3 is 15.5 Å². The minimum absolute atomic E-state index is 0.205. The number of anilines is 1. The number of furan rings is 1. The van der Waals surface area contributed by atoms with Crippen molar-refractivity contribution in [2.45, 2.75) is 13.8 Å². The van der Waals surface area contributed by atoms with Crippen molar-refractivity contribution < 1.29 is 9.21 Å². The van der Waals surface area contributed by atoms with Crippen LogP contribution >= 0.6 is 0 Å². The van der Waals surface area contributed by atoms with Crippen molar-refractivity contribution in [3.05, 3.63) is 53.0 Å².